The zero-order valence-corrected chi connectivity index (χ0v) is 31.3. The first kappa shape index (κ1) is 30.4. The van der Waals surface area contributed by atoms with Gasteiger partial charge in [0.05, 0.1) is 22.1 Å². The number of para-hydroxylation sites is 4. The summed E-state index contributed by atoms with van der Waals surface area (Å²) in [5.41, 5.74) is 5.54. The van der Waals surface area contributed by atoms with Crippen LogP contribution in [0.1, 0.15) is 0 Å². The molecule has 1 aliphatic rings. The third-order valence-electron chi connectivity index (χ3n) is 10.9. The van der Waals surface area contributed by atoms with Gasteiger partial charge in [0.15, 0.2) is 8.07 Å². The van der Waals surface area contributed by atoms with Crippen LogP contribution in [-0.4, -0.2) is 30.1 Å². The van der Waals surface area contributed by atoms with Crippen LogP contribution in [-0.2, 0) is 0 Å². The average molecular weight is 706 g/mol. The second kappa shape index (κ2) is 11.6. The van der Waals surface area contributed by atoms with Gasteiger partial charge >= 0.3 is 0 Å². The van der Waals surface area contributed by atoms with E-state index in [0.717, 1.165) is 33.5 Å². The van der Waals surface area contributed by atoms with Crippen LogP contribution in [0.4, 0.5) is 0 Å². The molecule has 2 aromatic heterocycles. The van der Waals surface area contributed by atoms with Gasteiger partial charge in [-0.3, -0.25) is 8.97 Å². The SMILES string of the molecule is C[Si]1(C)c2ccccc2Sc2c1cccc2[Si](c1ccccc1)(c1ccccc1)c1cccc(-n2c3ccccc3n3c4ccccc4nc23)c1. The molecule has 0 N–H and O–H groups in total. The Balaban J connectivity index is 1.31. The molecule has 10 rings (SSSR count). The standard InChI is InChI=1S/C45H35N3SSi2/c1-50(2)41-28-14-13-27-40(41)49-44-42(50)29-16-30-43(44)51(33-18-5-3-6-19-33,34-20-7-4-8-21-34)35-22-15-17-32(31-35)47-38-25-11-12-26-39(38)48-37-24-10-9-23-36(37)46-45(47)48/h3-31H,1-2H3. The Hall–Kier alpha value is -5.41. The van der Waals surface area contributed by atoms with Gasteiger partial charge < -0.3 is 0 Å². The molecule has 0 unspecified atom stereocenters. The van der Waals surface area contributed by atoms with Crippen molar-refractivity contribution in [3.05, 3.63) is 176 Å². The molecular weight excluding hydrogens is 671 g/mol. The van der Waals surface area contributed by atoms with Gasteiger partial charge in [-0.15, -0.1) is 0 Å². The molecular formula is C45H35N3SSi2. The highest BCUT2D eigenvalue weighted by Gasteiger charge is 2.46. The van der Waals surface area contributed by atoms with Crippen molar-refractivity contribution in [2.75, 3.05) is 0 Å². The van der Waals surface area contributed by atoms with Crippen LogP contribution in [0, 0.1) is 0 Å². The van der Waals surface area contributed by atoms with Crippen LogP contribution in [0.25, 0.3) is 33.5 Å². The Morgan fingerprint density at radius 1 is 0.529 bits per heavy atom. The smallest absolute Gasteiger partial charge is 0.220 e. The maximum atomic E-state index is 5.23. The maximum absolute atomic E-state index is 5.23. The summed E-state index contributed by atoms with van der Waals surface area (Å²) in [5.74, 6) is 0.929. The Morgan fingerprint density at radius 2 is 1.12 bits per heavy atom. The number of benzene rings is 7. The molecule has 0 radical (unpaired) electrons. The largest absolute Gasteiger partial charge is 0.278 e. The fourth-order valence-electron chi connectivity index (χ4n) is 8.59. The van der Waals surface area contributed by atoms with E-state index in [1.807, 2.05) is 11.8 Å². The molecule has 244 valence electrons. The normalized spacial score (nSPS) is 13.8. The predicted molar refractivity (Wildman–Crippen MR) is 220 cm³/mol. The summed E-state index contributed by atoms with van der Waals surface area (Å²) in [4.78, 5) is 8.08. The van der Waals surface area contributed by atoms with Gasteiger partial charge in [0, 0.05) is 15.5 Å². The first-order valence-corrected chi connectivity index (χ1v) is 23.4. The van der Waals surface area contributed by atoms with Crippen molar-refractivity contribution in [3.8, 4) is 5.69 Å². The highest BCUT2D eigenvalue weighted by molar-refractivity contribution is 8.00. The Labute approximate surface area is 303 Å². The minimum atomic E-state index is -2.91. The van der Waals surface area contributed by atoms with E-state index in [1.165, 1.54) is 40.9 Å². The van der Waals surface area contributed by atoms with Crippen LogP contribution < -0.4 is 31.1 Å². The van der Waals surface area contributed by atoms with Gasteiger partial charge in [0.2, 0.25) is 5.78 Å². The summed E-state index contributed by atoms with van der Waals surface area (Å²) in [7, 11) is -4.90. The quantitative estimate of drug-likeness (QED) is 0.141. The zero-order chi connectivity index (χ0) is 34.2. The van der Waals surface area contributed by atoms with E-state index in [-0.39, 0.29) is 0 Å². The minimum absolute atomic E-state index is 0.929. The number of imidazole rings is 2. The molecule has 9 aromatic rings. The molecule has 0 saturated heterocycles. The summed E-state index contributed by atoms with van der Waals surface area (Å²) in [6, 6.07) is 65.6. The van der Waals surface area contributed by atoms with E-state index >= 15 is 0 Å². The molecule has 0 amide bonds. The number of nitrogens with zero attached hydrogens (tertiary/aromatic N) is 3. The van der Waals surface area contributed by atoms with Gasteiger partial charge in [-0.25, -0.2) is 4.98 Å². The molecule has 3 heterocycles. The first-order chi connectivity index (χ1) is 25.1. The second-order valence-electron chi connectivity index (χ2n) is 14.0. The van der Waals surface area contributed by atoms with Crippen LogP contribution in [0.5, 0.6) is 0 Å². The number of aromatic nitrogens is 3. The number of rotatable bonds is 5. The lowest BCUT2D eigenvalue weighted by molar-refractivity contribution is 1.11. The monoisotopic (exact) mass is 705 g/mol. The van der Waals surface area contributed by atoms with E-state index < -0.39 is 16.1 Å². The molecule has 51 heavy (non-hydrogen) atoms. The zero-order valence-electron chi connectivity index (χ0n) is 28.5. The van der Waals surface area contributed by atoms with Gasteiger partial charge in [0.1, 0.15) is 8.07 Å². The van der Waals surface area contributed by atoms with Crippen LogP contribution in [0.3, 0.4) is 0 Å². The van der Waals surface area contributed by atoms with E-state index in [1.54, 1.807) is 0 Å². The molecule has 0 fully saturated rings. The lowest BCUT2D eigenvalue weighted by atomic mass is 10.2. The maximum Gasteiger partial charge on any atom is 0.220 e. The van der Waals surface area contributed by atoms with Gasteiger partial charge in [0.25, 0.3) is 0 Å². The van der Waals surface area contributed by atoms with Crippen molar-refractivity contribution in [2.45, 2.75) is 22.9 Å². The molecule has 0 saturated carbocycles. The summed E-state index contributed by atoms with van der Waals surface area (Å²) >= 11 is 1.98. The first-order valence-electron chi connectivity index (χ1n) is 17.6. The van der Waals surface area contributed by atoms with Crippen LogP contribution >= 0.6 is 11.8 Å². The predicted octanol–water partition coefficient (Wildman–Crippen LogP) is 7.10. The molecule has 7 aromatic carbocycles. The van der Waals surface area contributed by atoms with E-state index in [0.29, 0.717) is 0 Å². The number of hydrogen-bond acceptors (Lipinski definition) is 2. The summed E-state index contributed by atoms with van der Waals surface area (Å²) in [6.07, 6.45) is 0. The third-order valence-corrected chi connectivity index (χ3v) is 21.0. The molecule has 1 aliphatic heterocycles. The van der Waals surface area contributed by atoms with Gasteiger partial charge in [-0.2, -0.15) is 0 Å². The fraction of sp³-hybridized carbons (Fsp3) is 0.0444. The number of fused-ring (bicyclic) bond motifs is 7. The van der Waals surface area contributed by atoms with Crippen molar-refractivity contribution in [1.29, 1.82) is 0 Å². The van der Waals surface area contributed by atoms with Crippen molar-refractivity contribution in [2.24, 2.45) is 0 Å². The summed E-state index contributed by atoms with van der Waals surface area (Å²) in [5, 5.41) is 8.65. The third kappa shape index (κ3) is 4.40. The van der Waals surface area contributed by atoms with Crippen molar-refractivity contribution in [3.63, 3.8) is 0 Å². The lowest BCUT2D eigenvalue weighted by Gasteiger charge is -2.40. The molecule has 6 heteroatoms. The summed E-state index contributed by atoms with van der Waals surface area (Å²) < 4.78 is 4.67. The molecule has 0 aliphatic carbocycles. The van der Waals surface area contributed by atoms with Crippen LogP contribution in [0.15, 0.2) is 186 Å². The Kier molecular flexibility index (Phi) is 6.90. The molecule has 0 bridgehead atoms. The topological polar surface area (TPSA) is 22.2 Å². The second-order valence-corrected chi connectivity index (χ2v) is 23.1. The van der Waals surface area contributed by atoms with E-state index in [2.05, 4.69) is 198 Å². The van der Waals surface area contributed by atoms with E-state index in [9.17, 15) is 0 Å². The molecule has 3 nitrogen and oxygen atoms in total. The highest BCUT2D eigenvalue weighted by atomic mass is 32.2. The van der Waals surface area contributed by atoms with Crippen molar-refractivity contribution >= 4 is 86.9 Å². The van der Waals surface area contributed by atoms with Crippen molar-refractivity contribution in [1.82, 2.24) is 14.0 Å². The van der Waals surface area contributed by atoms with Gasteiger partial charge in [-0.05, 0) is 73.6 Å². The fourth-order valence-corrected chi connectivity index (χ4v) is 19.6. The minimum Gasteiger partial charge on any atom is -0.278 e. The lowest BCUT2D eigenvalue weighted by Crippen LogP contribution is -2.76. The average Bonchev–Trinajstić information content (AvgIpc) is 3.71. The van der Waals surface area contributed by atoms with E-state index in [4.69, 9.17) is 4.98 Å². The summed E-state index contributed by atoms with van der Waals surface area (Å²) in [6.45, 7) is 5.06. The van der Waals surface area contributed by atoms with Gasteiger partial charge in [-0.1, -0.05) is 158 Å². The molecule has 0 atom stereocenters. The Bertz CT molecular complexity index is 2730. The van der Waals surface area contributed by atoms with Crippen molar-refractivity contribution < 1.29 is 0 Å². The molecule has 0 spiro atoms. The number of hydrogen-bond donors (Lipinski definition) is 0. The highest BCUT2D eigenvalue weighted by Crippen LogP contribution is 2.34. The Morgan fingerprint density at radius 3 is 1.88 bits per heavy atom. The van der Waals surface area contributed by atoms with Crippen LogP contribution in [0.2, 0.25) is 13.1 Å².